The molecule has 2 rings (SSSR count). The van der Waals surface area contributed by atoms with Gasteiger partial charge < -0.3 is 15.4 Å². The Bertz CT molecular complexity index is 273. The summed E-state index contributed by atoms with van der Waals surface area (Å²) >= 11 is 0. The van der Waals surface area contributed by atoms with E-state index in [1.807, 2.05) is 7.05 Å². The molecule has 2 unspecified atom stereocenters. The number of likely N-dealkylation sites (N-methyl/N-ethyl adjacent to an activating group) is 1. The summed E-state index contributed by atoms with van der Waals surface area (Å²) in [6.45, 7) is 4.04. The molecule has 0 bridgehead atoms. The third-order valence-electron chi connectivity index (χ3n) is 3.83. The van der Waals surface area contributed by atoms with E-state index in [2.05, 4.69) is 15.5 Å². The quantitative estimate of drug-likeness (QED) is 0.769. The molecule has 5 nitrogen and oxygen atoms in total. The molecule has 0 spiro atoms. The van der Waals surface area contributed by atoms with E-state index in [0.29, 0.717) is 19.1 Å². The predicted molar refractivity (Wildman–Crippen MR) is 77.8 cm³/mol. The number of nitrogens with zero attached hydrogens (tertiary/aromatic N) is 1. The number of carbonyl (C=O) groups is 1. The second-order valence-electron chi connectivity index (χ2n) is 5.30. The zero-order valence-electron chi connectivity index (χ0n) is 11.7. The number of hydrogen-bond donors (Lipinski definition) is 2. The number of carbonyl (C=O) groups excluding carboxylic acids is 1. The first-order valence-electron chi connectivity index (χ1n) is 7.06. The highest BCUT2D eigenvalue weighted by Crippen LogP contribution is 2.11. The van der Waals surface area contributed by atoms with Gasteiger partial charge in [-0.15, -0.1) is 12.4 Å². The Morgan fingerprint density at radius 1 is 1.37 bits per heavy atom. The molecule has 1 amide bonds. The molecule has 0 aromatic heterocycles. The first-order chi connectivity index (χ1) is 8.78. The molecule has 2 aliphatic rings. The van der Waals surface area contributed by atoms with Gasteiger partial charge in [0.25, 0.3) is 0 Å². The predicted octanol–water partition coefficient (Wildman–Crippen LogP) is 0.387. The summed E-state index contributed by atoms with van der Waals surface area (Å²) in [6.07, 6.45) is 4.82. The van der Waals surface area contributed by atoms with Gasteiger partial charge in [-0.05, 0) is 39.3 Å². The van der Waals surface area contributed by atoms with E-state index in [-0.39, 0.29) is 24.4 Å². The molecular weight excluding hydrogens is 266 g/mol. The van der Waals surface area contributed by atoms with Gasteiger partial charge in [0.1, 0.15) is 0 Å². The van der Waals surface area contributed by atoms with Gasteiger partial charge in [0, 0.05) is 25.7 Å². The fraction of sp³-hybridized carbons (Fsp3) is 0.923. The second-order valence-corrected chi connectivity index (χ2v) is 5.30. The van der Waals surface area contributed by atoms with E-state index in [4.69, 9.17) is 4.74 Å². The third kappa shape index (κ3) is 5.65. The topological polar surface area (TPSA) is 53.6 Å². The van der Waals surface area contributed by atoms with Crippen LogP contribution in [0.3, 0.4) is 0 Å². The zero-order chi connectivity index (χ0) is 12.8. The molecule has 0 aromatic carbocycles. The van der Waals surface area contributed by atoms with Gasteiger partial charge in [-0.2, -0.15) is 0 Å². The van der Waals surface area contributed by atoms with Gasteiger partial charge in [-0.1, -0.05) is 0 Å². The number of amides is 1. The molecule has 0 aromatic rings. The van der Waals surface area contributed by atoms with Crippen LogP contribution in [0.15, 0.2) is 0 Å². The first-order valence-corrected chi connectivity index (χ1v) is 7.06. The largest absolute Gasteiger partial charge is 0.376 e. The summed E-state index contributed by atoms with van der Waals surface area (Å²) in [5, 5.41) is 6.27. The van der Waals surface area contributed by atoms with Crippen molar-refractivity contribution in [2.45, 2.75) is 37.8 Å². The van der Waals surface area contributed by atoms with Gasteiger partial charge in [-0.25, -0.2) is 0 Å². The lowest BCUT2D eigenvalue weighted by Gasteiger charge is -2.32. The lowest BCUT2D eigenvalue weighted by molar-refractivity contribution is -0.123. The fourth-order valence-corrected chi connectivity index (χ4v) is 2.73. The molecule has 2 aliphatic heterocycles. The van der Waals surface area contributed by atoms with Crippen LogP contribution in [0.25, 0.3) is 0 Å². The molecule has 0 radical (unpaired) electrons. The van der Waals surface area contributed by atoms with Crippen LogP contribution in [0.1, 0.15) is 25.7 Å². The molecule has 2 heterocycles. The average molecular weight is 292 g/mol. The minimum Gasteiger partial charge on any atom is -0.376 e. The van der Waals surface area contributed by atoms with E-state index in [1.54, 1.807) is 0 Å². The summed E-state index contributed by atoms with van der Waals surface area (Å²) in [4.78, 5) is 14.1. The van der Waals surface area contributed by atoms with Crippen LogP contribution < -0.4 is 10.6 Å². The van der Waals surface area contributed by atoms with Gasteiger partial charge in [0.2, 0.25) is 5.91 Å². The summed E-state index contributed by atoms with van der Waals surface area (Å²) in [7, 11) is 1.99. The van der Waals surface area contributed by atoms with Crippen LogP contribution in [0.5, 0.6) is 0 Å². The van der Waals surface area contributed by atoms with Crippen molar-refractivity contribution in [1.82, 2.24) is 15.5 Å². The number of halogens is 1. The van der Waals surface area contributed by atoms with Crippen molar-refractivity contribution in [2.24, 2.45) is 0 Å². The van der Waals surface area contributed by atoms with Crippen LogP contribution in [0.4, 0.5) is 0 Å². The van der Waals surface area contributed by atoms with E-state index < -0.39 is 0 Å². The molecule has 0 aliphatic carbocycles. The Kier molecular flexibility index (Phi) is 7.68. The number of ether oxygens (including phenoxy) is 1. The first kappa shape index (κ1) is 16.7. The molecule has 2 fully saturated rings. The van der Waals surface area contributed by atoms with Gasteiger partial charge in [-0.3, -0.25) is 9.69 Å². The second kappa shape index (κ2) is 8.74. The van der Waals surface area contributed by atoms with Crippen LogP contribution in [0, 0.1) is 0 Å². The lowest BCUT2D eigenvalue weighted by Crippen LogP contribution is -2.48. The van der Waals surface area contributed by atoms with Crippen molar-refractivity contribution < 1.29 is 9.53 Å². The Hall–Kier alpha value is -0.360. The lowest BCUT2D eigenvalue weighted by atomic mass is 10.1. The van der Waals surface area contributed by atoms with E-state index in [9.17, 15) is 4.79 Å². The smallest absolute Gasteiger partial charge is 0.234 e. The standard InChI is InChI=1S/C13H25N3O2.ClH/c1-14-11-4-2-6-16(9-11)10-13(17)15-8-12-5-3-7-18-12;/h11-12,14H,2-10H2,1H3,(H,15,17);1H. The number of hydrogen-bond acceptors (Lipinski definition) is 4. The average Bonchev–Trinajstić information content (AvgIpc) is 2.90. The maximum Gasteiger partial charge on any atom is 0.234 e. The van der Waals surface area contributed by atoms with Crippen molar-refractivity contribution in [1.29, 1.82) is 0 Å². The molecule has 112 valence electrons. The highest BCUT2D eigenvalue weighted by atomic mass is 35.5. The van der Waals surface area contributed by atoms with E-state index in [0.717, 1.165) is 32.5 Å². The van der Waals surface area contributed by atoms with E-state index in [1.165, 1.54) is 12.8 Å². The SMILES string of the molecule is CNC1CCCN(CC(=O)NCC2CCCO2)C1.Cl. The molecule has 2 saturated heterocycles. The Morgan fingerprint density at radius 3 is 2.89 bits per heavy atom. The minimum atomic E-state index is 0. The summed E-state index contributed by atoms with van der Waals surface area (Å²) in [6, 6.07) is 0.532. The summed E-state index contributed by atoms with van der Waals surface area (Å²) in [5.41, 5.74) is 0. The van der Waals surface area contributed by atoms with Crippen molar-refractivity contribution in [3.05, 3.63) is 0 Å². The molecule has 19 heavy (non-hydrogen) atoms. The van der Waals surface area contributed by atoms with Crippen LogP contribution >= 0.6 is 12.4 Å². The highest BCUT2D eigenvalue weighted by Gasteiger charge is 2.21. The highest BCUT2D eigenvalue weighted by molar-refractivity contribution is 5.85. The molecular formula is C13H26ClN3O2. The Morgan fingerprint density at radius 2 is 2.21 bits per heavy atom. The number of likely N-dealkylation sites (tertiary alicyclic amines) is 1. The number of nitrogens with one attached hydrogen (secondary N) is 2. The normalized spacial score (nSPS) is 27.8. The summed E-state index contributed by atoms with van der Waals surface area (Å²) in [5.74, 6) is 0.127. The number of piperidine rings is 1. The molecule has 2 N–H and O–H groups in total. The zero-order valence-corrected chi connectivity index (χ0v) is 12.5. The van der Waals surface area contributed by atoms with Crippen molar-refractivity contribution in [2.75, 3.05) is 39.8 Å². The van der Waals surface area contributed by atoms with Crippen LogP contribution in [-0.4, -0.2) is 62.8 Å². The Balaban J connectivity index is 0.00000180. The third-order valence-corrected chi connectivity index (χ3v) is 3.83. The van der Waals surface area contributed by atoms with Gasteiger partial charge in [0.15, 0.2) is 0 Å². The fourth-order valence-electron chi connectivity index (χ4n) is 2.73. The van der Waals surface area contributed by atoms with Crippen molar-refractivity contribution in [3.8, 4) is 0 Å². The van der Waals surface area contributed by atoms with Gasteiger partial charge >= 0.3 is 0 Å². The van der Waals surface area contributed by atoms with Crippen LogP contribution in [-0.2, 0) is 9.53 Å². The summed E-state index contributed by atoms with van der Waals surface area (Å²) < 4.78 is 5.49. The van der Waals surface area contributed by atoms with Crippen LogP contribution in [0.2, 0.25) is 0 Å². The van der Waals surface area contributed by atoms with Gasteiger partial charge in [0.05, 0.1) is 12.6 Å². The maximum absolute atomic E-state index is 11.8. The minimum absolute atomic E-state index is 0. The van der Waals surface area contributed by atoms with Crippen molar-refractivity contribution in [3.63, 3.8) is 0 Å². The van der Waals surface area contributed by atoms with E-state index >= 15 is 0 Å². The monoisotopic (exact) mass is 291 g/mol. The Labute approximate surface area is 121 Å². The molecule has 0 saturated carbocycles. The molecule has 6 heteroatoms. The van der Waals surface area contributed by atoms with Crippen molar-refractivity contribution >= 4 is 18.3 Å². The maximum atomic E-state index is 11.8. The number of rotatable bonds is 5. The molecule has 2 atom stereocenters.